The summed E-state index contributed by atoms with van der Waals surface area (Å²) in [6.07, 6.45) is 5.32. The summed E-state index contributed by atoms with van der Waals surface area (Å²) in [5.41, 5.74) is 0.611. The highest BCUT2D eigenvalue weighted by atomic mass is 32.2. The van der Waals surface area contributed by atoms with Gasteiger partial charge in [0.25, 0.3) is 0 Å². The van der Waals surface area contributed by atoms with Crippen LogP contribution in [0.4, 0.5) is 4.39 Å². The van der Waals surface area contributed by atoms with Crippen molar-refractivity contribution in [1.29, 1.82) is 0 Å². The molecule has 0 aliphatic heterocycles. The molecule has 0 saturated heterocycles. The average molecular weight is 268 g/mol. The molecule has 0 unspecified atom stereocenters. The van der Waals surface area contributed by atoms with Gasteiger partial charge in [0.15, 0.2) is 0 Å². The van der Waals surface area contributed by atoms with Crippen LogP contribution in [0.5, 0.6) is 0 Å². The molecular formula is C14H17FO2S. The van der Waals surface area contributed by atoms with Crippen LogP contribution >= 0.6 is 11.8 Å². The molecule has 2 rings (SSSR count). The van der Waals surface area contributed by atoms with Crippen molar-refractivity contribution in [2.45, 2.75) is 31.4 Å². The quantitative estimate of drug-likeness (QED) is 0.878. The number of halogens is 1. The Bertz CT molecular complexity index is 428. The number of carbonyl (C=O) groups is 1. The zero-order valence-electron chi connectivity index (χ0n) is 10.2. The highest BCUT2D eigenvalue weighted by Crippen LogP contribution is 2.29. The fourth-order valence-corrected chi connectivity index (χ4v) is 3.54. The summed E-state index contributed by atoms with van der Waals surface area (Å²) in [5.74, 6) is 0.854. The molecule has 0 spiro atoms. The molecule has 0 atom stereocenters. The molecule has 4 heteroatoms. The van der Waals surface area contributed by atoms with Crippen LogP contribution < -0.4 is 0 Å². The van der Waals surface area contributed by atoms with Gasteiger partial charge in [-0.05, 0) is 42.2 Å². The number of aromatic carboxylic acids is 1. The maximum atomic E-state index is 13.4. The maximum absolute atomic E-state index is 13.4. The van der Waals surface area contributed by atoms with Gasteiger partial charge in [0.1, 0.15) is 5.82 Å². The van der Waals surface area contributed by atoms with E-state index in [1.54, 1.807) is 6.07 Å². The Hall–Kier alpha value is -1.03. The SMILES string of the molecule is O=C(O)c1ccc(CSCC2CCCC2)cc1F. The first-order chi connectivity index (χ1) is 8.66. The van der Waals surface area contributed by atoms with Crippen LogP contribution in [0.25, 0.3) is 0 Å². The minimum Gasteiger partial charge on any atom is -0.478 e. The molecule has 1 fully saturated rings. The van der Waals surface area contributed by atoms with Gasteiger partial charge in [-0.25, -0.2) is 9.18 Å². The van der Waals surface area contributed by atoms with Crippen molar-refractivity contribution in [1.82, 2.24) is 0 Å². The molecule has 1 aromatic rings. The molecule has 2 nitrogen and oxygen atoms in total. The van der Waals surface area contributed by atoms with E-state index < -0.39 is 11.8 Å². The monoisotopic (exact) mass is 268 g/mol. The lowest BCUT2D eigenvalue weighted by molar-refractivity contribution is 0.0692. The van der Waals surface area contributed by atoms with Crippen LogP contribution in [0.2, 0.25) is 0 Å². The number of hydrogen-bond donors (Lipinski definition) is 1. The second kappa shape index (κ2) is 6.23. The van der Waals surface area contributed by atoms with Gasteiger partial charge in [-0.3, -0.25) is 0 Å². The summed E-state index contributed by atoms with van der Waals surface area (Å²) in [4.78, 5) is 10.7. The number of thioether (sulfide) groups is 1. The van der Waals surface area contributed by atoms with E-state index in [1.807, 2.05) is 11.8 Å². The van der Waals surface area contributed by atoms with Crippen LogP contribution in [0.3, 0.4) is 0 Å². The molecule has 0 radical (unpaired) electrons. The van der Waals surface area contributed by atoms with Crippen molar-refractivity contribution in [2.24, 2.45) is 5.92 Å². The first kappa shape index (κ1) is 13.4. The summed E-state index contributed by atoms with van der Waals surface area (Å²) >= 11 is 1.81. The lowest BCUT2D eigenvalue weighted by atomic mass is 10.1. The van der Waals surface area contributed by atoms with E-state index >= 15 is 0 Å². The largest absolute Gasteiger partial charge is 0.478 e. The highest BCUT2D eigenvalue weighted by molar-refractivity contribution is 7.98. The van der Waals surface area contributed by atoms with Crippen molar-refractivity contribution in [3.05, 3.63) is 35.1 Å². The average Bonchev–Trinajstić information content (AvgIpc) is 2.81. The third-order valence-electron chi connectivity index (χ3n) is 3.36. The van der Waals surface area contributed by atoms with E-state index in [2.05, 4.69) is 0 Å². The number of carboxylic acids is 1. The summed E-state index contributed by atoms with van der Waals surface area (Å²) in [5, 5.41) is 8.73. The normalized spacial score (nSPS) is 16.1. The topological polar surface area (TPSA) is 37.3 Å². The number of rotatable bonds is 5. The van der Waals surface area contributed by atoms with Crippen molar-refractivity contribution >= 4 is 17.7 Å². The van der Waals surface area contributed by atoms with E-state index in [0.717, 1.165) is 23.0 Å². The molecule has 0 amide bonds. The van der Waals surface area contributed by atoms with Gasteiger partial charge in [-0.2, -0.15) is 11.8 Å². The molecular weight excluding hydrogens is 251 g/mol. The zero-order chi connectivity index (χ0) is 13.0. The maximum Gasteiger partial charge on any atom is 0.338 e. The zero-order valence-corrected chi connectivity index (χ0v) is 11.0. The standard InChI is InChI=1S/C14H17FO2S/c15-13-7-11(5-6-12(13)14(16)17)9-18-8-10-3-1-2-4-10/h5-7,10H,1-4,8-9H2,(H,16,17). The minimum absolute atomic E-state index is 0.250. The second-order valence-electron chi connectivity index (χ2n) is 4.78. The van der Waals surface area contributed by atoms with Crippen molar-refractivity contribution in [3.8, 4) is 0 Å². The Morgan fingerprint density at radius 2 is 2.11 bits per heavy atom. The third-order valence-corrected chi connectivity index (χ3v) is 4.61. The van der Waals surface area contributed by atoms with E-state index in [9.17, 15) is 9.18 Å². The molecule has 1 saturated carbocycles. The molecule has 18 heavy (non-hydrogen) atoms. The Kier molecular flexibility index (Phi) is 4.64. The Morgan fingerprint density at radius 3 is 2.72 bits per heavy atom. The molecule has 1 aliphatic carbocycles. The first-order valence-electron chi connectivity index (χ1n) is 6.26. The number of carboxylic acid groups (broad SMARTS) is 1. The van der Waals surface area contributed by atoms with Gasteiger partial charge in [-0.15, -0.1) is 0 Å². The lowest BCUT2D eigenvalue weighted by Gasteiger charge is -2.08. The van der Waals surface area contributed by atoms with Crippen molar-refractivity contribution < 1.29 is 14.3 Å². The molecule has 0 heterocycles. The Morgan fingerprint density at radius 1 is 1.39 bits per heavy atom. The Labute approximate surface area is 111 Å². The summed E-state index contributed by atoms with van der Waals surface area (Å²) in [6, 6.07) is 4.39. The number of benzene rings is 1. The third kappa shape index (κ3) is 3.48. The van der Waals surface area contributed by atoms with Gasteiger partial charge >= 0.3 is 5.97 Å². The van der Waals surface area contributed by atoms with Gasteiger partial charge in [-0.1, -0.05) is 18.9 Å². The minimum atomic E-state index is -1.21. The van der Waals surface area contributed by atoms with Gasteiger partial charge in [0, 0.05) is 5.75 Å². The molecule has 1 aromatic carbocycles. The molecule has 1 N–H and O–H groups in total. The van der Waals surface area contributed by atoms with E-state index in [-0.39, 0.29) is 5.56 Å². The first-order valence-corrected chi connectivity index (χ1v) is 7.42. The van der Waals surface area contributed by atoms with Crippen LogP contribution in [-0.4, -0.2) is 16.8 Å². The molecule has 0 bridgehead atoms. The number of hydrogen-bond acceptors (Lipinski definition) is 2. The summed E-state index contributed by atoms with van der Waals surface area (Å²) in [7, 11) is 0. The molecule has 1 aliphatic rings. The lowest BCUT2D eigenvalue weighted by Crippen LogP contribution is -2.01. The second-order valence-corrected chi connectivity index (χ2v) is 5.82. The molecule has 98 valence electrons. The highest BCUT2D eigenvalue weighted by Gasteiger charge is 2.15. The van der Waals surface area contributed by atoms with E-state index in [0.29, 0.717) is 0 Å². The van der Waals surface area contributed by atoms with Gasteiger partial charge in [0.2, 0.25) is 0 Å². The smallest absolute Gasteiger partial charge is 0.338 e. The van der Waals surface area contributed by atoms with Gasteiger partial charge in [0.05, 0.1) is 5.56 Å². The van der Waals surface area contributed by atoms with Gasteiger partial charge < -0.3 is 5.11 Å². The van der Waals surface area contributed by atoms with Crippen LogP contribution in [0.15, 0.2) is 18.2 Å². The van der Waals surface area contributed by atoms with Crippen LogP contribution in [0.1, 0.15) is 41.6 Å². The summed E-state index contributed by atoms with van der Waals surface area (Å²) in [6.45, 7) is 0. The molecule has 0 aromatic heterocycles. The van der Waals surface area contributed by atoms with Crippen LogP contribution in [0, 0.1) is 11.7 Å². The summed E-state index contributed by atoms with van der Waals surface area (Å²) < 4.78 is 13.4. The van der Waals surface area contributed by atoms with E-state index in [1.165, 1.54) is 37.8 Å². The predicted molar refractivity (Wildman–Crippen MR) is 71.5 cm³/mol. The van der Waals surface area contributed by atoms with Crippen molar-refractivity contribution in [2.75, 3.05) is 5.75 Å². The predicted octanol–water partition coefficient (Wildman–Crippen LogP) is 3.95. The Balaban J connectivity index is 1.85. The fourth-order valence-electron chi connectivity index (χ4n) is 2.34. The van der Waals surface area contributed by atoms with E-state index in [4.69, 9.17) is 5.11 Å². The van der Waals surface area contributed by atoms with Crippen LogP contribution in [-0.2, 0) is 5.75 Å². The van der Waals surface area contributed by atoms with Crippen molar-refractivity contribution in [3.63, 3.8) is 0 Å². The fraction of sp³-hybridized carbons (Fsp3) is 0.500.